The van der Waals surface area contributed by atoms with Gasteiger partial charge in [0.1, 0.15) is 0 Å². The highest BCUT2D eigenvalue weighted by Crippen LogP contribution is 2.18. The Morgan fingerprint density at radius 3 is 2.72 bits per heavy atom. The molecule has 1 saturated heterocycles. The fourth-order valence-electron chi connectivity index (χ4n) is 2.14. The van der Waals surface area contributed by atoms with Crippen LogP contribution < -0.4 is 5.32 Å². The summed E-state index contributed by atoms with van der Waals surface area (Å²) in [5, 5.41) is 8.55. The van der Waals surface area contributed by atoms with E-state index >= 15 is 0 Å². The Balaban J connectivity index is 1.71. The van der Waals surface area contributed by atoms with Crippen molar-refractivity contribution in [3.05, 3.63) is 16.4 Å². The number of aromatic nitrogens is 2. The first-order chi connectivity index (χ1) is 8.68. The highest BCUT2D eigenvalue weighted by Gasteiger charge is 2.11. The molecule has 0 aromatic carbocycles. The second-order valence-corrected chi connectivity index (χ2v) is 6.20. The van der Waals surface area contributed by atoms with E-state index in [1.165, 1.54) is 24.6 Å². The van der Waals surface area contributed by atoms with Gasteiger partial charge in [-0.25, -0.2) is 0 Å². The quantitative estimate of drug-likeness (QED) is 0.833. The Hall–Kier alpha value is -0.230. The van der Waals surface area contributed by atoms with Crippen LogP contribution in [0, 0.1) is 6.92 Å². The van der Waals surface area contributed by atoms with E-state index in [1.807, 2.05) is 18.7 Å². The lowest BCUT2D eigenvalue weighted by molar-refractivity contribution is 0.300. The summed E-state index contributed by atoms with van der Waals surface area (Å²) in [5.41, 5.74) is 1.98. The third-order valence-electron chi connectivity index (χ3n) is 3.26. The fourth-order valence-corrected chi connectivity index (χ4v) is 3.35. The van der Waals surface area contributed by atoms with E-state index in [1.54, 1.807) is 0 Å². The van der Waals surface area contributed by atoms with E-state index in [-0.39, 0.29) is 0 Å². The Kier molecular flexibility index (Phi) is 5.36. The molecule has 0 spiro atoms. The predicted molar refractivity (Wildman–Crippen MR) is 78.4 cm³/mol. The minimum absolute atomic E-state index is 0.790. The zero-order valence-corrected chi connectivity index (χ0v) is 12.7. The first-order valence-electron chi connectivity index (χ1n) is 6.37. The number of hydrogen-bond donors (Lipinski definition) is 1. The van der Waals surface area contributed by atoms with Gasteiger partial charge in [0, 0.05) is 51.3 Å². The van der Waals surface area contributed by atoms with Crippen LogP contribution in [0.5, 0.6) is 0 Å². The molecule has 0 bridgehead atoms. The van der Waals surface area contributed by atoms with Crippen LogP contribution in [0.1, 0.15) is 11.4 Å². The van der Waals surface area contributed by atoms with Crippen LogP contribution in [0.15, 0.2) is 0 Å². The minimum atomic E-state index is 0.790. The molecule has 0 unspecified atom stereocenters. The summed E-state index contributed by atoms with van der Waals surface area (Å²) < 4.78 is 1.86. The Morgan fingerprint density at radius 1 is 1.39 bits per heavy atom. The molecule has 0 amide bonds. The van der Waals surface area contributed by atoms with Crippen molar-refractivity contribution in [1.82, 2.24) is 20.0 Å². The standard InChI is InChI=1S/C12H21ClN4S/c1-10-12(13)11(16(2)15-10)9-14-3-4-17-5-7-18-8-6-17/h14H,3-9H2,1-2H3. The number of nitrogens with one attached hydrogen (secondary N) is 1. The van der Waals surface area contributed by atoms with E-state index in [2.05, 4.69) is 27.1 Å². The van der Waals surface area contributed by atoms with Crippen LogP contribution in [0.2, 0.25) is 5.02 Å². The number of rotatable bonds is 5. The number of nitrogens with zero attached hydrogens (tertiary/aromatic N) is 3. The monoisotopic (exact) mass is 288 g/mol. The van der Waals surface area contributed by atoms with Crippen LogP contribution >= 0.6 is 23.4 Å². The van der Waals surface area contributed by atoms with Crippen LogP contribution in [0.4, 0.5) is 0 Å². The van der Waals surface area contributed by atoms with Gasteiger partial charge in [0.05, 0.1) is 16.4 Å². The fraction of sp³-hybridized carbons (Fsp3) is 0.750. The maximum absolute atomic E-state index is 6.21. The average molecular weight is 289 g/mol. The molecule has 0 aliphatic carbocycles. The Morgan fingerprint density at radius 2 is 2.11 bits per heavy atom. The van der Waals surface area contributed by atoms with Crippen molar-refractivity contribution in [3.8, 4) is 0 Å². The maximum Gasteiger partial charge on any atom is 0.0860 e. The summed E-state index contributed by atoms with van der Waals surface area (Å²) in [6.45, 7) is 7.30. The topological polar surface area (TPSA) is 33.1 Å². The lowest BCUT2D eigenvalue weighted by Crippen LogP contribution is -2.37. The summed E-state index contributed by atoms with van der Waals surface area (Å²) in [5.74, 6) is 2.54. The van der Waals surface area contributed by atoms with Crippen molar-refractivity contribution in [1.29, 1.82) is 0 Å². The normalized spacial score (nSPS) is 17.3. The number of halogens is 1. The maximum atomic E-state index is 6.21. The summed E-state index contributed by atoms with van der Waals surface area (Å²) in [7, 11) is 1.94. The molecule has 6 heteroatoms. The van der Waals surface area contributed by atoms with Gasteiger partial charge >= 0.3 is 0 Å². The van der Waals surface area contributed by atoms with Gasteiger partial charge in [0.2, 0.25) is 0 Å². The molecule has 0 atom stereocenters. The largest absolute Gasteiger partial charge is 0.310 e. The Bertz CT molecular complexity index is 388. The number of thioether (sulfide) groups is 1. The molecule has 0 radical (unpaired) electrons. The molecule has 102 valence electrons. The molecule has 2 heterocycles. The highest BCUT2D eigenvalue weighted by molar-refractivity contribution is 7.99. The molecule has 0 saturated carbocycles. The van der Waals surface area contributed by atoms with Gasteiger partial charge in [-0.3, -0.25) is 4.68 Å². The molecule has 1 fully saturated rings. The molecule has 2 rings (SSSR count). The van der Waals surface area contributed by atoms with E-state index in [0.717, 1.165) is 36.0 Å². The van der Waals surface area contributed by atoms with Crippen LogP contribution in [0.25, 0.3) is 0 Å². The third kappa shape index (κ3) is 3.63. The van der Waals surface area contributed by atoms with Crippen molar-refractivity contribution >= 4 is 23.4 Å². The molecule has 1 aromatic rings. The molecular formula is C12H21ClN4S. The van der Waals surface area contributed by atoms with Gasteiger partial charge in [-0.15, -0.1) is 0 Å². The lowest BCUT2D eigenvalue weighted by Gasteiger charge is -2.26. The number of hydrogen-bond acceptors (Lipinski definition) is 4. The van der Waals surface area contributed by atoms with Crippen molar-refractivity contribution < 1.29 is 0 Å². The summed E-state index contributed by atoms with van der Waals surface area (Å²) in [6.07, 6.45) is 0. The molecule has 1 N–H and O–H groups in total. The molecule has 4 nitrogen and oxygen atoms in total. The SMILES string of the molecule is Cc1nn(C)c(CNCCN2CCSCC2)c1Cl. The van der Waals surface area contributed by atoms with Gasteiger partial charge < -0.3 is 10.2 Å². The molecule has 1 aliphatic rings. The van der Waals surface area contributed by atoms with E-state index < -0.39 is 0 Å². The van der Waals surface area contributed by atoms with Crippen molar-refractivity contribution in [3.63, 3.8) is 0 Å². The van der Waals surface area contributed by atoms with Crippen molar-refractivity contribution in [2.24, 2.45) is 7.05 Å². The molecule has 1 aromatic heterocycles. The molecule has 1 aliphatic heterocycles. The smallest absolute Gasteiger partial charge is 0.0860 e. The van der Waals surface area contributed by atoms with Gasteiger partial charge in [-0.2, -0.15) is 16.9 Å². The van der Waals surface area contributed by atoms with Gasteiger partial charge in [0.15, 0.2) is 0 Å². The number of aryl methyl sites for hydroxylation is 2. The van der Waals surface area contributed by atoms with E-state index in [4.69, 9.17) is 11.6 Å². The first kappa shape index (κ1) is 14.2. The third-order valence-corrected chi connectivity index (χ3v) is 4.70. The molecular weight excluding hydrogens is 268 g/mol. The second kappa shape index (κ2) is 6.80. The predicted octanol–water partition coefficient (Wildman–Crippen LogP) is 1.52. The summed E-state index contributed by atoms with van der Waals surface area (Å²) in [4.78, 5) is 2.51. The van der Waals surface area contributed by atoms with Gasteiger partial charge in [-0.05, 0) is 6.92 Å². The molecule has 18 heavy (non-hydrogen) atoms. The van der Waals surface area contributed by atoms with Crippen LogP contribution in [-0.2, 0) is 13.6 Å². The van der Waals surface area contributed by atoms with Gasteiger partial charge in [0.25, 0.3) is 0 Å². The summed E-state index contributed by atoms with van der Waals surface area (Å²) >= 11 is 8.26. The van der Waals surface area contributed by atoms with Crippen molar-refractivity contribution in [2.45, 2.75) is 13.5 Å². The highest BCUT2D eigenvalue weighted by atomic mass is 35.5. The zero-order chi connectivity index (χ0) is 13.0. The zero-order valence-electron chi connectivity index (χ0n) is 11.1. The van der Waals surface area contributed by atoms with E-state index in [0.29, 0.717) is 0 Å². The first-order valence-corrected chi connectivity index (χ1v) is 7.90. The Labute approximate surface area is 118 Å². The van der Waals surface area contributed by atoms with Gasteiger partial charge in [-0.1, -0.05) is 11.6 Å². The van der Waals surface area contributed by atoms with E-state index in [9.17, 15) is 0 Å². The lowest BCUT2D eigenvalue weighted by atomic mass is 10.3. The van der Waals surface area contributed by atoms with Crippen LogP contribution in [0.3, 0.4) is 0 Å². The summed E-state index contributed by atoms with van der Waals surface area (Å²) in [6, 6.07) is 0. The van der Waals surface area contributed by atoms with Crippen LogP contribution in [-0.4, -0.2) is 52.4 Å². The average Bonchev–Trinajstić information content (AvgIpc) is 2.61. The second-order valence-electron chi connectivity index (χ2n) is 4.60. The van der Waals surface area contributed by atoms with Crippen molar-refractivity contribution in [2.75, 3.05) is 37.7 Å². The minimum Gasteiger partial charge on any atom is -0.310 e.